The highest BCUT2D eigenvalue weighted by Gasteiger charge is 2.50. The van der Waals surface area contributed by atoms with Gasteiger partial charge in [-0.1, -0.05) is 42.5 Å². The molecule has 0 heterocycles. The molecule has 2 aliphatic rings. The first kappa shape index (κ1) is 24.6. The van der Waals surface area contributed by atoms with Crippen molar-refractivity contribution in [1.29, 1.82) is 0 Å². The highest BCUT2D eigenvalue weighted by atomic mass is 16.6. The normalized spacial score (nSPS) is 22.1. The molecule has 184 valence electrons. The van der Waals surface area contributed by atoms with Gasteiger partial charge in [0.2, 0.25) is 0 Å². The zero-order valence-corrected chi connectivity index (χ0v) is 19.8. The molecule has 1 fully saturated rings. The fourth-order valence-electron chi connectivity index (χ4n) is 4.81. The summed E-state index contributed by atoms with van der Waals surface area (Å²) in [7, 11) is 0. The second-order valence-corrected chi connectivity index (χ2v) is 9.08. The summed E-state index contributed by atoms with van der Waals surface area (Å²) in [5.74, 6) is -0.333. The van der Waals surface area contributed by atoms with Crippen molar-refractivity contribution in [2.45, 2.75) is 57.8 Å². The van der Waals surface area contributed by atoms with Gasteiger partial charge in [-0.3, -0.25) is 14.9 Å². The number of ketones is 1. The number of nitro groups is 1. The lowest BCUT2D eigenvalue weighted by molar-refractivity contribution is -0.384. The maximum atomic E-state index is 12.7. The van der Waals surface area contributed by atoms with Gasteiger partial charge in [-0.05, 0) is 43.7 Å². The minimum absolute atomic E-state index is 0.00751. The molecule has 0 unspecified atom stereocenters. The van der Waals surface area contributed by atoms with Crippen molar-refractivity contribution in [2.75, 3.05) is 6.61 Å². The van der Waals surface area contributed by atoms with Crippen molar-refractivity contribution in [3.63, 3.8) is 0 Å². The molecule has 0 aromatic heterocycles. The van der Waals surface area contributed by atoms with E-state index in [4.69, 9.17) is 9.47 Å². The van der Waals surface area contributed by atoms with Gasteiger partial charge in [0, 0.05) is 30.3 Å². The Morgan fingerprint density at radius 1 is 1.11 bits per heavy atom. The van der Waals surface area contributed by atoms with E-state index in [-0.39, 0.29) is 24.2 Å². The smallest absolute Gasteiger partial charge is 0.328 e. The van der Waals surface area contributed by atoms with E-state index in [2.05, 4.69) is 5.32 Å². The van der Waals surface area contributed by atoms with Crippen LogP contribution in [0.3, 0.4) is 0 Å². The van der Waals surface area contributed by atoms with Gasteiger partial charge in [-0.15, -0.1) is 0 Å². The van der Waals surface area contributed by atoms with Crippen LogP contribution in [0.4, 0.5) is 5.69 Å². The summed E-state index contributed by atoms with van der Waals surface area (Å²) in [6.07, 6.45) is 4.83. The molecule has 0 aliphatic heterocycles. The lowest BCUT2D eigenvalue weighted by Crippen LogP contribution is -2.53. The molecule has 8 heteroatoms. The molecule has 2 aliphatic carbocycles. The fourth-order valence-corrected chi connectivity index (χ4v) is 4.81. The Labute approximate surface area is 204 Å². The van der Waals surface area contributed by atoms with Gasteiger partial charge in [-0.2, -0.15) is 0 Å². The van der Waals surface area contributed by atoms with Crippen molar-refractivity contribution in [3.05, 3.63) is 87.6 Å². The van der Waals surface area contributed by atoms with E-state index in [1.165, 1.54) is 12.1 Å². The summed E-state index contributed by atoms with van der Waals surface area (Å²) in [6.45, 7) is 2.53. The molecular formula is C27H30N2O6. The Hall–Kier alpha value is -3.52. The maximum Gasteiger partial charge on any atom is 0.328 e. The molecular weight excluding hydrogens is 448 g/mol. The highest BCUT2D eigenvalue weighted by molar-refractivity contribution is 6.05. The van der Waals surface area contributed by atoms with E-state index in [9.17, 15) is 19.7 Å². The Bertz CT molecular complexity index is 1090. The van der Waals surface area contributed by atoms with Crippen molar-refractivity contribution < 1.29 is 24.0 Å². The number of hydrogen-bond acceptors (Lipinski definition) is 7. The van der Waals surface area contributed by atoms with Crippen molar-refractivity contribution in [1.82, 2.24) is 5.32 Å². The summed E-state index contributed by atoms with van der Waals surface area (Å²) < 4.78 is 11.3. The number of nitrogens with zero attached hydrogens (tertiary/aromatic N) is 1. The van der Waals surface area contributed by atoms with Gasteiger partial charge in [0.25, 0.3) is 5.69 Å². The standard InChI is InChI=1S/C27H30N2O6/c1-2-34-26(31)23(16-19-8-10-21(11-9-19)29(32)33)28-24-17-25(30)27(24)14-12-22(13-15-27)35-18-20-6-4-3-5-7-20/h3-11,17,22-23,28H,2,12-16,18H2,1H3/t22?,23-,27?/m0/s1. The molecule has 0 amide bonds. The number of hydrogen-bond donors (Lipinski definition) is 1. The average molecular weight is 479 g/mol. The van der Waals surface area contributed by atoms with Crippen LogP contribution in [0.15, 0.2) is 66.4 Å². The number of nitro benzene ring substituents is 1. The van der Waals surface area contributed by atoms with Gasteiger partial charge in [0.1, 0.15) is 6.04 Å². The lowest BCUT2D eigenvalue weighted by atomic mass is 9.62. The fraction of sp³-hybridized carbons (Fsp3) is 0.407. The van der Waals surface area contributed by atoms with E-state index < -0.39 is 22.3 Å². The van der Waals surface area contributed by atoms with E-state index >= 15 is 0 Å². The van der Waals surface area contributed by atoms with Gasteiger partial charge < -0.3 is 14.8 Å². The van der Waals surface area contributed by atoms with Crippen LogP contribution >= 0.6 is 0 Å². The average Bonchev–Trinajstić information content (AvgIpc) is 2.88. The highest BCUT2D eigenvalue weighted by Crippen LogP contribution is 2.49. The number of ether oxygens (including phenoxy) is 2. The Balaban J connectivity index is 1.39. The molecule has 0 radical (unpaired) electrons. The SMILES string of the molecule is CCOC(=O)[C@H](Cc1ccc([N+](=O)[O-])cc1)NC1=CC(=O)C12CCC(OCc1ccccc1)CC2. The predicted molar refractivity (Wildman–Crippen MR) is 129 cm³/mol. The molecule has 1 N–H and O–H groups in total. The van der Waals surface area contributed by atoms with E-state index in [1.54, 1.807) is 25.1 Å². The van der Waals surface area contributed by atoms with Crippen LogP contribution in [-0.2, 0) is 32.1 Å². The minimum atomic E-state index is -0.695. The molecule has 4 rings (SSSR count). The van der Waals surface area contributed by atoms with Crippen LogP contribution in [-0.4, -0.2) is 35.4 Å². The Morgan fingerprint density at radius 2 is 1.80 bits per heavy atom. The number of rotatable bonds is 10. The Morgan fingerprint density at radius 3 is 2.40 bits per heavy atom. The monoisotopic (exact) mass is 478 g/mol. The topological polar surface area (TPSA) is 108 Å². The first-order valence-corrected chi connectivity index (χ1v) is 12.0. The number of benzene rings is 2. The minimum Gasteiger partial charge on any atom is -0.464 e. The summed E-state index contributed by atoms with van der Waals surface area (Å²) >= 11 is 0. The number of carbonyl (C=O) groups is 2. The second-order valence-electron chi connectivity index (χ2n) is 9.08. The first-order chi connectivity index (χ1) is 16.9. The van der Waals surface area contributed by atoms with Crippen molar-refractivity contribution in [2.24, 2.45) is 5.41 Å². The number of allylic oxidation sites excluding steroid dienone is 2. The molecule has 35 heavy (non-hydrogen) atoms. The second kappa shape index (κ2) is 10.8. The van der Waals surface area contributed by atoms with Gasteiger partial charge >= 0.3 is 5.97 Å². The summed E-state index contributed by atoms with van der Waals surface area (Å²) in [5.41, 5.74) is 2.04. The third-order valence-corrected chi connectivity index (χ3v) is 6.87. The van der Waals surface area contributed by atoms with Crippen LogP contribution in [0, 0.1) is 15.5 Å². The van der Waals surface area contributed by atoms with Crippen LogP contribution in [0.5, 0.6) is 0 Å². The van der Waals surface area contributed by atoms with Gasteiger partial charge in [0.15, 0.2) is 5.78 Å². The predicted octanol–water partition coefficient (Wildman–Crippen LogP) is 4.27. The zero-order valence-electron chi connectivity index (χ0n) is 19.8. The summed E-state index contributed by atoms with van der Waals surface area (Å²) in [4.78, 5) is 35.9. The van der Waals surface area contributed by atoms with Crippen LogP contribution in [0.25, 0.3) is 0 Å². The molecule has 2 aromatic carbocycles. The summed E-state index contributed by atoms with van der Waals surface area (Å²) in [6, 6.07) is 15.4. The maximum absolute atomic E-state index is 12.7. The third-order valence-electron chi connectivity index (χ3n) is 6.87. The molecule has 1 saturated carbocycles. The molecule has 1 atom stereocenters. The number of esters is 1. The Kier molecular flexibility index (Phi) is 7.60. The number of nitrogens with one attached hydrogen (secondary N) is 1. The number of non-ortho nitro benzene ring substituents is 1. The molecule has 2 aromatic rings. The molecule has 0 bridgehead atoms. The molecule has 1 spiro atoms. The van der Waals surface area contributed by atoms with E-state index in [0.29, 0.717) is 25.9 Å². The van der Waals surface area contributed by atoms with Crippen molar-refractivity contribution >= 4 is 17.4 Å². The molecule has 8 nitrogen and oxygen atoms in total. The third kappa shape index (κ3) is 5.59. The largest absolute Gasteiger partial charge is 0.464 e. The van der Waals surface area contributed by atoms with E-state index in [1.807, 2.05) is 30.3 Å². The van der Waals surface area contributed by atoms with Crippen molar-refractivity contribution in [3.8, 4) is 0 Å². The number of carbonyl (C=O) groups excluding carboxylic acids is 2. The molecule has 0 saturated heterocycles. The van der Waals surface area contributed by atoms with Crippen LogP contribution in [0.1, 0.15) is 43.7 Å². The van der Waals surface area contributed by atoms with Crippen LogP contribution in [0.2, 0.25) is 0 Å². The quantitative estimate of drug-likeness (QED) is 0.309. The van der Waals surface area contributed by atoms with Gasteiger partial charge in [0.05, 0.1) is 29.7 Å². The summed E-state index contributed by atoms with van der Waals surface area (Å²) in [5, 5.41) is 14.2. The van der Waals surface area contributed by atoms with Gasteiger partial charge in [-0.25, -0.2) is 4.79 Å². The lowest BCUT2D eigenvalue weighted by Gasteiger charge is -2.46. The first-order valence-electron chi connectivity index (χ1n) is 12.0. The van der Waals surface area contributed by atoms with Crippen LogP contribution < -0.4 is 5.32 Å². The van der Waals surface area contributed by atoms with E-state index in [0.717, 1.165) is 29.7 Å². The zero-order chi connectivity index (χ0) is 24.8.